The molecule has 2 rings (SSSR count). The summed E-state index contributed by atoms with van der Waals surface area (Å²) in [5.74, 6) is 0.0530. The second kappa shape index (κ2) is 6.34. The minimum Gasteiger partial charge on any atom is -0.249 e. The third-order valence-electron chi connectivity index (χ3n) is 2.89. The lowest BCUT2D eigenvalue weighted by Gasteiger charge is -2.12. The second-order valence-corrected chi connectivity index (χ2v) is 8.11. The lowest BCUT2D eigenvalue weighted by molar-refractivity contribution is 0.574. The van der Waals surface area contributed by atoms with Gasteiger partial charge in [-0.15, -0.1) is 11.3 Å². The summed E-state index contributed by atoms with van der Waals surface area (Å²) in [6.45, 7) is 4.07. The molecule has 20 heavy (non-hydrogen) atoms. The maximum absolute atomic E-state index is 12.3. The van der Waals surface area contributed by atoms with E-state index in [0.717, 1.165) is 15.0 Å². The van der Waals surface area contributed by atoms with Gasteiger partial charge in [-0.1, -0.05) is 28.9 Å². The molecule has 0 bridgehead atoms. The van der Waals surface area contributed by atoms with Gasteiger partial charge in [0, 0.05) is 28.5 Å². The number of benzene rings is 1. The molecular weight excluding hydrogens is 360 g/mol. The number of nitrogens with one attached hydrogen (secondary N) is 1. The van der Waals surface area contributed by atoms with E-state index in [9.17, 15) is 8.42 Å². The standard InChI is InChI=1S/C13H15BrN2O2S2/c1-9-3-4-11(14)7-12(9)20(17,18)16-8-10(2)13-15-5-6-19-13/h3-7,10,16H,8H2,1-2H3. The number of aromatic nitrogens is 1. The molecule has 1 heterocycles. The van der Waals surface area contributed by atoms with Crippen LogP contribution in [0.5, 0.6) is 0 Å². The van der Waals surface area contributed by atoms with Crippen LogP contribution in [0, 0.1) is 6.92 Å². The van der Waals surface area contributed by atoms with Crippen molar-refractivity contribution < 1.29 is 8.42 Å². The molecule has 1 aromatic carbocycles. The van der Waals surface area contributed by atoms with E-state index in [0.29, 0.717) is 11.4 Å². The van der Waals surface area contributed by atoms with Crippen molar-refractivity contribution in [1.29, 1.82) is 0 Å². The Bertz CT molecular complexity index is 684. The van der Waals surface area contributed by atoms with Gasteiger partial charge in [-0.2, -0.15) is 0 Å². The van der Waals surface area contributed by atoms with Gasteiger partial charge in [-0.3, -0.25) is 0 Å². The molecule has 108 valence electrons. The highest BCUT2D eigenvalue weighted by atomic mass is 79.9. The monoisotopic (exact) mass is 374 g/mol. The molecular formula is C13H15BrN2O2S2. The summed E-state index contributed by atoms with van der Waals surface area (Å²) in [6.07, 6.45) is 1.73. The number of hydrogen-bond acceptors (Lipinski definition) is 4. The van der Waals surface area contributed by atoms with Crippen molar-refractivity contribution in [3.8, 4) is 0 Å². The van der Waals surface area contributed by atoms with Crippen LogP contribution in [0.1, 0.15) is 23.4 Å². The average Bonchev–Trinajstić information content (AvgIpc) is 2.93. The molecule has 1 aromatic heterocycles. The predicted molar refractivity (Wildman–Crippen MR) is 84.6 cm³/mol. The highest BCUT2D eigenvalue weighted by molar-refractivity contribution is 9.10. The Kier molecular flexibility index (Phi) is 4.95. The Morgan fingerprint density at radius 3 is 2.85 bits per heavy atom. The molecule has 1 N–H and O–H groups in total. The van der Waals surface area contributed by atoms with Crippen molar-refractivity contribution in [3.63, 3.8) is 0 Å². The van der Waals surface area contributed by atoms with E-state index in [1.807, 2.05) is 18.4 Å². The molecule has 0 aliphatic rings. The first-order valence-corrected chi connectivity index (χ1v) is 9.21. The van der Waals surface area contributed by atoms with Crippen LogP contribution < -0.4 is 4.72 Å². The Balaban J connectivity index is 2.13. The molecule has 0 saturated carbocycles. The van der Waals surface area contributed by atoms with E-state index >= 15 is 0 Å². The van der Waals surface area contributed by atoms with Crippen LogP contribution in [-0.2, 0) is 10.0 Å². The molecule has 0 fully saturated rings. The summed E-state index contributed by atoms with van der Waals surface area (Å²) in [7, 11) is -3.50. The summed E-state index contributed by atoms with van der Waals surface area (Å²) in [5.41, 5.74) is 0.725. The summed E-state index contributed by atoms with van der Waals surface area (Å²) in [6, 6.07) is 5.22. The summed E-state index contributed by atoms with van der Waals surface area (Å²) in [4.78, 5) is 4.50. The van der Waals surface area contributed by atoms with Crippen LogP contribution in [0.15, 0.2) is 39.1 Å². The fourth-order valence-electron chi connectivity index (χ4n) is 1.74. The number of halogens is 1. The molecule has 0 saturated heterocycles. The third-order valence-corrected chi connectivity index (χ3v) is 5.96. The van der Waals surface area contributed by atoms with E-state index in [1.54, 1.807) is 25.3 Å². The van der Waals surface area contributed by atoms with Gasteiger partial charge in [-0.05, 0) is 24.6 Å². The molecule has 1 atom stereocenters. The van der Waals surface area contributed by atoms with Gasteiger partial charge >= 0.3 is 0 Å². The van der Waals surface area contributed by atoms with Crippen LogP contribution in [0.4, 0.5) is 0 Å². The SMILES string of the molecule is Cc1ccc(Br)cc1S(=O)(=O)NCC(C)c1nccs1. The van der Waals surface area contributed by atoms with Gasteiger partial charge in [0.1, 0.15) is 0 Å². The number of rotatable bonds is 5. The largest absolute Gasteiger partial charge is 0.249 e. The van der Waals surface area contributed by atoms with Crippen molar-refractivity contribution in [2.45, 2.75) is 24.7 Å². The van der Waals surface area contributed by atoms with Crippen molar-refractivity contribution >= 4 is 37.3 Å². The maximum atomic E-state index is 12.3. The molecule has 4 nitrogen and oxygen atoms in total. The fraction of sp³-hybridized carbons (Fsp3) is 0.308. The van der Waals surface area contributed by atoms with E-state index in [1.165, 1.54) is 11.3 Å². The number of hydrogen-bond donors (Lipinski definition) is 1. The predicted octanol–water partition coefficient (Wildman–Crippen LogP) is 3.30. The van der Waals surface area contributed by atoms with Gasteiger partial charge in [0.15, 0.2) is 0 Å². The quantitative estimate of drug-likeness (QED) is 0.873. The van der Waals surface area contributed by atoms with E-state index in [2.05, 4.69) is 25.6 Å². The van der Waals surface area contributed by atoms with Gasteiger partial charge in [-0.25, -0.2) is 18.1 Å². The van der Waals surface area contributed by atoms with E-state index in [4.69, 9.17) is 0 Å². The topological polar surface area (TPSA) is 59.1 Å². The van der Waals surface area contributed by atoms with Crippen LogP contribution >= 0.6 is 27.3 Å². The zero-order valence-electron chi connectivity index (χ0n) is 11.1. The summed E-state index contributed by atoms with van der Waals surface area (Å²) in [5, 5.41) is 2.82. The lowest BCUT2D eigenvalue weighted by atomic mass is 10.2. The number of sulfonamides is 1. The molecule has 0 radical (unpaired) electrons. The molecule has 0 aliphatic heterocycles. The lowest BCUT2D eigenvalue weighted by Crippen LogP contribution is -2.28. The smallest absolute Gasteiger partial charge is 0.240 e. The van der Waals surface area contributed by atoms with Gasteiger partial charge < -0.3 is 0 Å². The van der Waals surface area contributed by atoms with Gasteiger partial charge in [0.2, 0.25) is 10.0 Å². The highest BCUT2D eigenvalue weighted by Crippen LogP contribution is 2.22. The Hall–Kier alpha value is -0.760. The highest BCUT2D eigenvalue weighted by Gasteiger charge is 2.19. The number of nitrogens with zero attached hydrogens (tertiary/aromatic N) is 1. The minimum absolute atomic E-state index is 0.0530. The van der Waals surface area contributed by atoms with Crippen molar-refractivity contribution in [2.75, 3.05) is 6.54 Å². The Morgan fingerprint density at radius 2 is 2.20 bits per heavy atom. The zero-order valence-corrected chi connectivity index (χ0v) is 14.3. The molecule has 7 heteroatoms. The summed E-state index contributed by atoms with van der Waals surface area (Å²) >= 11 is 4.83. The van der Waals surface area contributed by atoms with Crippen LogP contribution in [-0.4, -0.2) is 19.9 Å². The third kappa shape index (κ3) is 3.66. The molecule has 0 amide bonds. The van der Waals surface area contributed by atoms with Gasteiger partial charge in [0.25, 0.3) is 0 Å². The van der Waals surface area contributed by atoms with Crippen LogP contribution in [0.25, 0.3) is 0 Å². The maximum Gasteiger partial charge on any atom is 0.240 e. The fourth-order valence-corrected chi connectivity index (χ4v) is 4.35. The van der Waals surface area contributed by atoms with Crippen molar-refractivity contribution in [1.82, 2.24) is 9.71 Å². The average molecular weight is 375 g/mol. The van der Waals surface area contributed by atoms with E-state index < -0.39 is 10.0 Å². The first kappa shape index (κ1) is 15.6. The van der Waals surface area contributed by atoms with Crippen LogP contribution in [0.2, 0.25) is 0 Å². The van der Waals surface area contributed by atoms with Crippen LogP contribution in [0.3, 0.4) is 0 Å². The molecule has 0 aliphatic carbocycles. The Labute approximate surface area is 131 Å². The summed E-state index contributed by atoms with van der Waals surface area (Å²) < 4.78 is 28.1. The number of aryl methyl sites for hydroxylation is 1. The number of thiazole rings is 1. The van der Waals surface area contributed by atoms with Crippen molar-refractivity contribution in [3.05, 3.63) is 44.8 Å². The first-order valence-electron chi connectivity index (χ1n) is 6.05. The zero-order chi connectivity index (χ0) is 14.8. The minimum atomic E-state index is -3.50. The van der Waals surface area contributed by atoms with Gasteiger partial charge in [0.05, 0.1) is 9.90 Å². The second-order valence-electron chi connectivity index (χ2n) is 4.53. The first-order chi connectivity index (χ1) is 9.40. The Morgan fingerprint density at radius 1 is 1.45 bits per heavy atom. The van der Waals surface area contributed by atoms with E-state index in [-0.39, 0.29) is 5.92 Å². The normalized spacial score (nSPS) is 13.3. The molecule has 2 aromatic rings. The molecule has 0 spiro atoms. The molecule has 1 unspecified atom stereocenters. The van der Waals surface area contributed by atoms with Crippen molar-refractivity contribution in [2.24, 2.45) is 0 Å².